The van der Waals surface area contributed by atoms with E-state index in [1.54, 1.807) is 0 Å². The van der Waals surface area contributed by atoms with Gasteiger partial charge in [0.25, 0.3) is 0 Å². The van der Waals surface area contributed by atoms with Crippen molar-refractivity contribution >= 4 is 35.3 Å². The van der Waals surface area contributed by atoms with Gasteiger partial charge in [-0.3, -0.25) is 10.1 Å². The van der Waals surface area contributed by atoms with Gasteiger partial charge in [0.2, 0.25) is 5.91 Å². The number of halogens is 1. The Hall–Kier alpha value is -2.06. The van der Waals surface area contributed by atoms with Crippen LogP contribution in [-0.2, 0) is 11.3 Å². The number of urea groups is 1. The van der Waals surface area contributed by atoms with Crippen molar-refractivity contribution in [2.75, 3.05) is 12.3 Å². The second-order valence-electron chi connectivity index (χ2n) is 6.62. The van der Waals surface area contributed by atoms with Crippen molar-refractivity contribution in [3.8, 4) is 11.4 Å². The molecule has 0 fully saturated rings. The lowest BCUT2D eigenvalue weighted by atomic mass is 10.2. The van der Waals surface area contributed by atoms with Crippen molar-refractivity contribution in [3.63, 3.8) is 0 Å². The Balaban J connectivity index is 2.06. The summed E-state index contributed by atoms with van der Waals surface area (Å²) in [5.74, 6) is 0.478. The van der Waals surface area contributed by atoms with Gasteiger partial charge in [-0.1, -0.05) is 56.5 Å². The molecule has 2 aromatic rings. The summed E-state index contributed by atoms with van der Waals surface area (Å²) in [6, 6.07) is 6.99. The molecule has 1 aromatic carbocycles. The number of hydrogen-bond donors (Lipinski definition) is 2. The molecule has 0 atom stereocenters. The normalized spacial score (nSPS) is 10.7. The Morgan fingerprint density at radius 2 is 1.83 bits per heavy atom. The van der Waals surface area contributed by atoms with Gasteiger partial charge in [0.15, 0.2) is 11.0 Å². The van der Waals surface area contributed by atoms with Crippen LogP contribution < -0.4 is 10.6 Å². The highest BCUT2D eigenvalue weighted by Gasteiger charge is 2.16. The molecule has 0 radical (unpaired) electrons. The van der Waals surface area contributed by atoms with Crippen molar-refractivity contribution in [1.29, 1.82) is 0 Å². The highest BCUT2D eigenvalue weighted by molar-refractivity contribution is 7.99. The van der Waals surface area contributed by atoms with E-state index in [2.05, 4.69) is 27.8 Å². The molecule has 1 aromatic heterocycles. The largest absolute Gasteiger partial charge is 0.338 e. The van der Waals surface area contributed by atoms with E-state index in [0.717, 1.165) is 43.6 Å². The molecule has 0 saturated carbocycles. The van der Waals surface area contributed by atoms with E-state index in [0.29, 0.717) is 16.7 Å². The fourth-order valence-corrected chi connectivity index (χ4v) is 3.57. The molecular formula is C20H28ClN5O2S. The molecule has 9 heteroatoms. The lowest BCUT2D eigenvalue weighted by Crippen LogP contribution is -2.40. The molecule has 0 aliphatic heterocycles. The lowest BCUT2D eigenvalue weighted by molar-refractivity contribution is -0.117. The van der Waals surface area contributed by atoms with E-state index in [1.807, 2.05) is 35.8 Å². The van der Waals surface area contributed by atoms with Crippen LogP contribution in [0.1, 0.15) is 46.0 Å². The van der Waals surface area contributed by atoms with E-state index in [1.165, 1.54) is 18.2 Å². The maximum absolute atomic E-state index is 12.0. The number of nitrogens with zero attached hydrogens (tertiary/aromatic N) is 3. The Morgan fingerprint density at radius 3 is 2.52 bits per heavy atom. The first kappa shape index (κ1) is 23.2. The number of rotatable bonds is 11. The molecular weight excluding hydrogens is 410 g/mol. The van der Waals surface area contributed by atoms with Gasteiger partial charge in [-0.25, -0.2) is 4.79 Å². The molecule has 0 aliphatic carbocycles. The number of nitrogens with one attached hydrogen (secondary N) is 2. The number of imide groups is 1. The minimum Gasteiger partial charge on any atom is -0.338 e. The first-order valence-corrected chi connectivity index (χ1v) is 11.3. The summed E-state index contributed by atoms with van der Waals surface area (Å²) >= 11 is 7.27. The van der Waals surface area contributed by atoms with Crippen molar-refractivity contribution < 1.29 is 9.59 Å². The molecule has 0 saturated heterocycles. The Bertz CT molecular complexity index is 795. The van der Waals surface area contributed by atoms with Crippen molar-refractivity contribution in [2.45, 2.75) is 57.7 Å². The summed E-state index contributed by atoms with van der Waals surface area (Å²) in [4.78, 5) is 23.7. The average Bonchev–Trinajstić information content (AvgIpc) is 3.11. The third-order valence-electron chi connectivity index (χ3n) is 4.18. The Labute approximate surface area is 181 Å². The fraction of sp³-hybridized carbons (Fsp3) is 0.500. The van der Waals surface area contributed by atoms with Crippen molar-refractivity contribution in [2.24, 2.45) is 0 Å². The van der Waals surface area contributed by atoms with Crippen LogP contribution in [0.25, 0.3) is 11.4 Å². The van der Waals surface area contributed by atoms with E-state index < -0.39 is 6.03 Å². The zero-order chi connectivity index (χ0) is 21.1. The van der Waals surface area contributed by atoms with E-state index >= 15 is 0 Å². The quantitative estimate of drug-likeness (QED) is 0.399. The summed E-state index contributed by atoms with van der Waals surface area (Å²) in [5, 5.41) is 14.9. The van der Waals surface area contributed by atoms with Crippen LogP contribution in [0.3, 0.4) is 0 Å². The second kappa shape index (κ2) is 12.5. The second-order valence-corrected chi connectivity index (χ2v) is 8.00. The highest BCUT2D eigenvalue weighted by Crippen LogP contribution is 2.25. The number of thioether (sulfide) groups is 1. The molecule has 29 heavy (non-hydrogen) atoms. The number of hydrogen-bond acceptors (Lipinski definition) is 5. The number of aromatic nitrogens is 3. The van der Waals surface area contributed by atoms with Gasteiger partial charge in [0, 0.05) is 23.7 Å². The van der Waals surface area contributed by atoms with Crippen molar-refractivity contribution in [1.82, 2.24) is 25.4 Å². The number of carbonyl (C=O) groups excluding carboxylic acids is 2. The van der Waals surface area contributed by atoms with Crippen LogP contribution in [0.15, 0.2) is 29.4 Å². The average molecular weight is 438 g/mol. The number of unbranched alkanes of at least 4 members (excludes halogenated alkanes) is 3. The monoisotopic (exact) mass is 437 g/mol. The van der Waals surface area contributed by atoms with Crippen molar-refractivity contribution in [3.05, 3.63) is 29.3 Å². The summed E-state index contributed by atoms with van der Waals surface area (Å²) in [5.41, 5.74) is 0.924. The van der Waals surface area contributed by atoms with Gasteiger partial charge in [-0.2, -0.15) is 0 Å². The maximum Gasteiger partial charge on any atom is 0.321 e. The van der Waals surface area contributed by atoms with Crippen LogP contribution in [0.5, 0.6) is 0 Å². The first-order chi connectivity index (χ1) is 14.0. The van der Waals surface area contributed by atoms with Crippen LogP contribution in [-0.4, -0.2) is 39.0 Å². The summed E-state index contributed by atoms with van der Waals surface area (Å²) in [7, 11) is 0. The van der Waals surface area contributed by atoms with Crippen LogP contribution in [0, 0.1) is 0 Å². The Morgan fingerprint density at radius 1 is 1.07 bits per heavy atom. The van der Waals surface area contributed by atoms with E-state index in [-0.39, 0.29) is 11.7 Å². The molecule has 0 bridgehead atoms. The summed E-state index contributed by atoms with van der Waals surface area (Å²) < 4.78 is 2.04. The van der Waals surface area contributed by atoms with Gasteiger partial charge in [0.05, 0.1) is 5.75 Å². The smallest absolute Gasteiger partial charge is 0.321 e. The SMILES string of the molecule is CCCCCCn1c(SCC(=O)NC(=O)NCCC)nnc1-c1ccc(Cl)cc1. The standard InChI is InChI=1S/C20H28ClN5O2S/c1-3-5-6-7-13-26-18(15-8-10-16(21)11-9-15)24-25-20(26)29-14-17(27)23-19(28)22-12-4-2/h8-11H,3-7,12-14H2,1-2H3,(H2,22,23,27,28). The summed E-state index contributed by atoms with van der Waals surface area (Å²) in [6.45, 7) is 5.42. The molecule has 0 aliphatic rings. The first-order valence-electron chi connectivity index (χ1n) is 9.94. The molecule has 0 spiro atoms. The van der Waals surface area contributed by atoms with Crippen LogP contribution in [0.4, 0.5) is 4.79 Å². The molecule has 7 nitrogen and oxygen atoms in total. The van der Waals surface area contributed by atoms with E-state index in [4.69, 9.17) is 11.6 Å². The minimum atomic E-state index is -0.472. The topological polar surface area (TPSA) is 88.9 Å². The lowest BCUT2D eigenvalue weighted by Gasteiger charge is -2.10. The van der Waals surface area contributed by atoms with Gasteiger partial charge in [-0.05, 0) is 37.1 Å². The molecule has 2 N–H and O–H groups in total. The van der Waals surface area contributed by atoms with E-state index in [9.17, 15) is 9.59 Å². The third-order valence-corrected chi connectivity index (χ3v) is 5.39. The van der Waals surface area contributed by atoms with Gasteiger partial charge >= 0.3 is 6.03 Å². The molecule has 1 heterocycles. The van der Waals surface area contributed by atoms with Gasteiger partial charge in [-0.15, -0.1) is 10.2 Å². The van der Waals surface area contributed by atoms with Gasteiger partial charge < -0.3 is 9.88 Å². The number of carbonyl (C=O) groups is 2. The van der Waals surface area contributed by atoms with Crippen LogP contribution in [0.2, 0.25) is 5.02 Å². The molecule has 2 rings (SSSR count). The minimum absolute atomic E-state index is 0.0905. The highest BCUT2D eigenvalue weighted by atomic mass is 35.5. The maximum atomic E-state index is 12.0. The Kier molecular flexibility index (Phi) is 10.0. The number of amides is 3. The predicted molar refractivity (Wildman–Crippen MR) is 117 cm³/mol. The van der Waals surface area contributed by atoms with Crippen LogP contribution >= 0.6 is 23.4 Å². The molecule has 3 amide bonds. The fourth-order valence-electron chi connectivity index (χ4n) is 2.68. The number of benzene rings is 1. The third kappa shape index (κ3) is 7.70. The molecule has 0 unspecified atom stereocenters. The zero-order valence-electron chi connectivity index (χ0n) is 16.9. The zero-order valence-corrected chi connectivity index (χ0v) is 18.5. The molecule has 158 valence electrons. The van der Waals surface area contributed by atoms with Gasteiger partial charge in [0.1, 0.15) is 0 Å². The predicted octanol–water partition coefficient (Wildman–Crippen LogP) is 4.51. The summed E-state index contributed by atoms with van der Waals surface area (Å²) in [6.07, 6.45) is 5.28.